The van der Waals surface area contributed by atoms with Crippen LogP contribution in [-0.4, -0.2) is 14.1 Å². The monoisotopic (exact) mass is 422 g/mol. The van der Waals surface area contributed by atoms with E-state index in [1.54, 1.807) is 11.3 Å². The van der Waals surface area contributed by atoms with Gasteiger partial charge in [-0.25, -0.2) is 9.98 Å². The van der Waals surface area contributed by atoms with E-state index in [1.165, 1.54) is 11.1 Å². The molecule has 0 atom stereocenters. The van der Waals surface area contributed by atoms with E-state index in [-0.39, 0.29) is 0 Å². The minimum Gasteiger partial charge on any atom is -0.337 e. The molecule has 0 aliphatic heterocycles. The van der Waals surface area contributed by atoms with Crippen molar-refractivity contribution >= 4 is 28.6 Å². The SMILES string of the molecule is Cc1cc(C)cc(N=c2scc(-c3cccc(Cl)c3)n2CCCn2ccnc2)c1. The summed E-state index contributed by atoms with van der Waals surface area (Å²) in [5.74, 6) is 0. The first-order valence-electron chi connectivity index (χ1n) is 9.61. The molecule has 0 amide bonds. The van der Waals surface area contributed by atoms with E-state index in [0.29, 0.717) is 0 Å². The zero-order valence-electron chi connectivity index (χ0n) is 16.5. The summed E-state index contributed by atoms with van der Waals surface area (Å²) in [6.45, 7) is 6.00. The van der Waals surface area contributed by atoms with E-state index >= 15 is 0 Å². The third-order valence-corrected chi connectivity index (χ3v) is 5.81. The first-order valence-corrected chi connectivity index (χ1v) is 10.9. The van der Waals surface area contributed by atoms with Gasteiger partial charge in [0.05, 0.1) is 17.7 Å². The van der Waals surface area contributed by atoms with Crippen molar-refractivity contribution < 1.29 is 0 Å². The molecule has 2 heterocycles. The average Bonchev–Trinajstić information content (AvgIpc) is 3.32. The molecule has 0 fully saturated rings. The summed E-state index contributed by atoms with van der Waals surface area (Å²) in [6.07, 6.45) is 6.66. The molecule has 4 nitrogen and oxygen atoms in total. The van der Waals surface area contributed by atoms with Gasteiger partial charge in [0.25, 0.3) is 0 Å². The van der Waals surface area contributed by atoms with Crippen molar-refractivity contribution in [2.75, 3.05) is 0 Å². The quantitative estimate of drug-likeness (QED) is 0.375. The Morgan fingerprint density at radius 2 is 1.90 bits per heavy atom. The molecule has 148 valence electrons. The zero-order valence-corrected chi connectivity index (χ0v) is 18.1. The van der Waals surface area contributed by atoms with Gasteiger partial charge in [-0.2, -0.15) is 0 Å². The molecule has 4 aromatic rings. The molecular weight excluding hydrogens is 400 g/mol. The Labute approximate surface area is 179 Å². The number of benzene rings is 2. The minimum atomic E-state index is 0.742. The molecule has 4 rings (SSSR count). The maximum absolute atomic E-state index is 6.25. The summed E-state index contributed by atoms with van der Waals surface area (Å²) < 4.78 is 4.40. The summed E-state index contributed by atoms with van der Waals surface area (Å²) in [7, 11) is 0. The Hall–Kier alpha value is -2.63. The van der Waals surface area contributed by atoms with Gasteiger partial charge in [-0.3, -0.25) is 0 Å². The fourth-order valence-corrected chi connectivity index (χ4v) is 4.61. The second-order valence-corrected chi connectivity index (χ2v) is 8.45. The fraction of sp³-hybridized carbons (Fsp3) is 0.217. The lowest BCUT2D eigenvalue weighted by molar-refractivity contribution is 0.559. The predicted octanol–water partition coefficient (Wildman–Crippen LogP) is 6.01. The number of thiazole rings is 1. The number of rotatable bonds is 6. The average molecular weight is 423 g/mol. The maximum atomic E-state index is 6.25. The van der Waals surface area contributed by atoms with Crippen LogP contribution in [0.2, 0.25) is 5.02 Å². The van der Waals surface area contributed by atoms with Crippen molar-refractivity contribution in [3.05, 3.63) is 87.5 Å². The standard InChI is InChI=1S/C23H23ClN4S/c1-17-11-18(2)13-21(12-17)26-23-28(9-4-8-27-10-7-25-16-27)22(15-29-23)19-5-3-6-20(24)14-19/h3,5-7,10-16H,4,8-9H2,1-2H3. The topological polar surface area (TPSA) is 35.1 Å². The molecule has 6 heteroatoms. The van der Waals surface area contributed by atoms with E-state index < -0.39 is 0 Å². The Kier molecular flexibility index (Phi) is 5.97. The highest BCUT2D eigenvalue weighted by Crippen LogP contribution is 2.24. The normalized spacial score (nSPS) is 11.9. The van der Waals surface area contributed by atoms with Gasteiger partial charge in [-0.05, 0) is 55.7 Å². The molecule has 0 spiro atoms. The Morgan fingerprint density at radius 1 is 1.07 bits per heavy atom. The predicted molar refractivity (Wildman–Crippen MR) is 121 cm³/mol. The molecule has 2 aromatic carbocycles. The molecule has 0 N–H and O–H groups in total. The first kappa shape index (κ1) is 19.7. The van der Waals surface area contributed by atoms with Gasteiger partial charge in [-0.15, -0.1) is 11.3 Å². The third kappa shape index (κ3) is 4.86. The van der Waals surface area contributed by atoms with Crippen molar-refractivity contribution in [3.8, 4) is 11.3 Å². The van der Waals surface area contributed by atoms with Gasteiger partial charge in [0.1, 0.15) is 0 Å². The van der Waals surface area contributed by atoms with Crippen molar-refractivity contribution in [2.45, 2.75) is 33.4 Å². The lowest BCUT2D eigenvalue weighted by atomic mass is 10.1. The third-order valence-electron chi connectivity index (χ3n) is 4.71. The van der Waals surface area contributed by atoms with Crippen LogP contribution in [0, 0.1) is 13.8 Å². The van der Waals surface area contributed by atoms with Gasteiger partial charge in [0, 0.05) is 41.4 Å². The van der Waals surface area contributed by atoms with Crippen LogP contribution in [0.1, 0.15) is 17.5 Å². The van der Waals surface area contributed by atoms with Crippen molar-refractivity contribution in [1.82, 2.24) is 14.1 Å². The molecule has 2 aromatic heterocycles. The van der Waals surface area contributed by atoms with Crippen LogP contribution >= 0.6 is 22.9 Å². The summed E-state index contributed by atoms with van der Waals surface area (Å²) in [4.78, 5) is 10.1. The molecule has 0 radical (unpaired) electrons. The van der Waals surface area contributed by atoms with Crippen LogP contribution in [0.25, 0.3) is 11.3 Å². The highest BCUT2D eigenvalue weighted by atomic mass is 35.5. The number of nitrogens with zero attached hydrogens (tertiary/aromatic N) is 4. The molecule has 0 unspecified atom stereocenters. The van der Waals surface area contributed by atoms with Crippen molar-refractivity contribution in [1.29, 1.82) is 0 Å². The zero-order chi connectivity index (χ0) is 20.2. The van der Waals surface area contributed by atoms with Gasteiger partial charge >= 0.3 is 0 Å². The highest BCUT2D eigenvalue weighted by Gasteiger charge is 2.09. The van der Waals surface area contributed by atoms with Gasteiger partial charge in [0.2, 0.25) is 0 Å². The lowest BCUT2D eigenvalue weighted by Crippen LogP contribution is -2.17. The van der Waals surface area contributed by atoms with Crippen LogP contribution in [0.3, 0.4) is 0 Å². The number of hydrogen-bond acceptors (Lipinski definition) is 3. The number of imidazole rings is 1. The van der Waals surface area contributed by atoms with E-state index in [2.05, 4.69) is 57.6 Å². The molecular formula is C23H23ClN4S. The number of aryl methyl sites for hydroxylation is 3. The van der Waals surface area contributed by atoms with E-state index in [1.807, 2.05) is 36.9 Å². The molecule has 0 aliphatic rings. The highest BCUT2D eigenvalue weighted by molar-refractivity contribution is 7.07. The Bertz CT molecular complexity index is 1150. The molecule has 29 heavy (non-hydrogen) atoms. The van der Waals surface area contributed by atoms with Gasteiger partial charge in [-0.1, -0.05) is 29.8 Å². The van der Waals surface area contributed by atoms with Crippen LogP contribution in [0.15, 0.2) is 71.6 Å². The minimum absolute atomic E-state index is 0.742. The molecule has 0 bridgehead atoms. The van der Waals surface area contributed by atoms with Gasteiger partial charge in [0.15, 0.2) is 4.80 Å². The fourth-order valence-electron chi connectivity index (χ4n) is 3.47. The van der Waals surface area contributed by atoms with Crippen LogP contribution in [-0.2, 0) is 13.1 Å². The van der Waals surface area contributed by atoms with Crippen LogP contribution in [0.5, 0.6) is 0 Å². The summed E-state index contributed by atoms with van der Waals surface area (Å²) in [5.41, 5.74) is 5.69. The first-order chi connectivity index (χ1) is 14.1. The Morgan fingerprint density at radius 3 is 2.62 bits per heavy atom. The second kappa shape index (κ2) is 8.80. The number of aromatic nitrogens is 3. The maximum Gasteiger partial charge on any atom is 0.190 e. The number of hydrogen-bond donors (Lipinski definition) is 0. The van der Waals surface area contributed by atoms with E-state index in [9.17, 15) is 0 Å². The van der Waals surface area contributed by atoms with Crippen molar-refractivity contribution in [3.63, 3.8) is 0 Å². The van der Waals surface area contributed by atoms with Crippen LogP contribution < -0.4 is 4.80 Å². The largest absolute Gasteiger partial charge is 0.337 e. The van der Waals surface area contributed by atoms with E-state index in [4.69, 9.17) is 16.6 Å². The van der Waals surface area contributed by atoms with E-state index in [0.717, 1.165) is 46.3 Å². The summed E-state index contributed by atoms with van der Waals surface area (Å²) in [6, 6.07) is 14.4. The Balaban J connectivity index is 1.73. The number of halogens is 1. The van der Waals surface area contributed by atoms with Crippen molar-refractivity contribution in [2.24, 2.45) is 4.99 Å². The van der Waals surface area contributed by atoms with Crippen LogP contribution in [0.4, 0.5) is 5.69 Å². The molecule has 0 saturated heterocycles. The summed E-state index contributed by atoms with van der Waals surface area (Å²) in [5, 5.41) is 2.91. The second-order valence-electron chi connectivity index (χ2n) is 7.18. The summed E-state index contributed by atoms with van der Waals surface area (Å²) >= 11 is 7.92. The molecule has 0 aliphatic carbocycles. The smallest absolute Gasteiger partial charge is 0.190 e. The lowest BCUT2D eigenvalue weighted by Gasteiger charge is -2.10. The van der Waals surface area contributed by atoms with Gasteiger partial charge < -0.3 is 9.13 Å². The molecule has 0 saturated carbocycles.